The fraction of sp³-hybridized carbons (Fsp3) is 0. The summed E-state index contributed by atoms with van der Waals surface area (Å²) in [7, 11) is 0. The Morgan fingerprint density at radius 3 is 0.0118 bits per heavy atom. The summed E-state index contributed by atoms with van der Waals surface area (Å²) >= 11 is 0. The summed E-state index contributed by atoms with van der Waals surface area (Å²) in [6.45, 7) is 0. The standard InChI is InChI=1S/85Tb. The van der Waals surface area contributed by atoms with E-state index in [0.29, 0.717) is 0 Å². The van der Waals surface area contributed by atoms with Crippen LogP contribution in [0.25, 0.3) is 0 Å². The van der Waals surface area contributed by atoms with Crippen molar-refractivity contribution in [1.29, 1.82) is 0 Å². The van der Waals surface area contributed by atoms with E-state index in [2.05, 4.69) is 0 Å². The monoisotopic (exact) mass is 13500 g/mol. The normalized spacial score (nSPS) is 0. The quantitative estimate of drug-likeness (QED) is 0.321. The van der Waals surface area contributed by atoms with Gasteiger partial charge in [-0.15, -0.1) is 0 Å². The van der Waals surface area contributed by atoms with Crippen molar-refractivity contribution in [3.63, 3.8) is 0 Å². The van der Waals surface area contributed by atoms with E-state index in [1.165, 1.54) is 0 Å². The van der Waals surface area contributed by atoms with Crippen molar-refractivity contribution < 1.29 is 3280 Å². The maximum atomic E-state index is 0. The van der Waals surface area contributed by atoms with Crippen LogP contribution in [0.2, 0.25) is 0 Å². The predicted molar refractivity (Wildman–Crippen MR) is 0 cm³/mol. The molecule has 0 amide bonds. The van der Waals surface area contributed by atoms with Gasteiger partial charge in [0.05, 0.1) is 0 Å². The zero-order valence-electron chi connectivity index (χ0n) is 28.3. The molecule has 0 aliphatic carbocycles. The van der Waals surface area contributed by atoms with E-state index in [9.17, 15) is 0 Å². The molecule has 0 fully saturated rings. The van der Waals surface area contributed by atoms with Crippen molar-refractivity contribution in [2.24, 2.45) is 0 Å². The molecule has 0 saturated heterocycles. The Morgan fingerprint density at radius 1 is 0.0118 bits per heavy atom. The summed E-state index contributed by atoms with van der Waals surface area (Å²) in [5.74, 6) is 0. The maximum absolute atomic E-state index is 0. The second kappa shape index (κ2) is 598. The van der Waals surface area contributed by atoms with Gasteiger partial charge in [0.25, 0.3) is 0 Å². The summed E-state index contributed by atoms with van der Waals surface area (Å²) in [4.78, 5) is 0. The van der Waals surface area contributed by atoms with Gasteiger partial charge in [-0.1, -0.05) is 0 Å². The van der Waals surface area contributed by atoms with Crippen molar-refractivity contribution in [2.45, 2.75) is 0 Å². The van der Waals surface area contributed by atoms with E-state index < -0.39 is 0 Å². The van der Waals surface area contributed by atoms with Crippen LogP contribution in [0.4, 0.5) is 0 Å². The van der Waals surface area contributed by atoms with E-state index in [1.54, 1.807) is 0 Å². The number of hydrogen-bond donors (Lipinski definition) is 0. The van der Waals surface area contributed by atoms with Crippen molar-refractivity contribution in [1.82, 2.24) is 0 Å². The van der Waals surface area contributed by atoms with Crippen LogP contribution in [0.3, 0.4) is 0 Å². The number of rotatable bonds is 0. The van der Waals surface area contributed by atoms with Crippen LogP contribution in [-0.4, -0.2) is 0 Å². The summed E-state index contributed by atoms with van der Waals surface area (Å²) in [6, 6.07) is 0. The molecule has 0 aliphatic rings. The van der Waals surface area contributed by atoms with Gasteiger partial charge < -0.3 is 0 Å². The van der Waals surface area contributed by atoms with Gasteiger partial charge >= 0.3 is 0 Å². The molecule has 0 aromatic rings. The third kappa shape index (κ3) is 592. The SMILES string of the molecule is [Tb].[Tb].[Tb].[Tb].[Tb].[Tb].[Tb].[Tb].[Tb].[Tb].[Tb].[Tb].[Tb].[Tb].[Tb].[Tb].[Tb].[Tb].[Tb].[Tb].[Tb].[Tb].[Tb].[Tb].[Tb].[Tb].[Tb].[Tb].[Tb].[Tb].[Tb].[Tb].[Tb].[Tb].[Tb].[Tb].[Tb].[Tb].[Tb].[Tb].[Tb].[Tb].[Tb].[Tb].[Tb].[Tb].[Tb].[Tb].[Tb].[Tb].[Tb].[Tb].[Tb].[Tb].[Tb].[Tb].[Tb].[Tb].[Tb].[Tb].[Tb].[Tb].[Tb].[Tb].[Tb].[Tb].[Tb].[Tb].[Tb].[Tb].[Tb].[Tb].[Tb].[Tb].[Tb].[Tb].[Tb].[Tb].[Tb].[Tb].[Tb].[Tb].[Tb].[Tb].[Tb]. The zero-order chi connectivity index (χ0) is 0. The number of hydrogen-bond acceptors (Lipinski definition) is 0. The van der Waals surface area contributed by atoms with E-state index in [4.69, 9.17) is 0 Å². The first-order valence-electron chi connectivity index (χ1n) is 0. The largest absolute Gasteiger partial charge is 0 e. The molecule has 85 heteroatoms. The Morgan fingerprint density at radius 2 is 0.0118 bits per heavy atom. The van der Waals surface area contributed by atoms with Gasteiger partial charge in [-0.3, -0.25) is 0 Å². The minimum atomic E-state index is 0. The van der Waals surface area contributed by atoms with Crippen molar-refractivity contribution in [3.05, 3.63) is 0 Å². The molecule has 0 aromatic carbocycles. The molecule has 0 spiro atoms. The van der Waals surface area contributed by atoms with Crippen LogP contribution in [0, 0.1) is 3280 Å². The molecular weight excluding hydrogens is 13500 g/mol. The zero-order valence-corrected chi connectivity index (χ0v) is 210. The summed E-state index contributed by atoms with van der Waals surface area (Å²) in [6.07, 6.45) is 0. The summed E-state index contributed by atoms with van der Waals surface area (Å²) in [5.41, 5.74) is 0. The molecule has 0 rings (SSSR count). The minimum absolute atomic E-state index is 0. The van der Waals surface area contributed by atoms with Crippen molar-refractivity contribution >= 4 is 0 Å². The molecule has 0 saturated carbocycles. The third-order valence-corrected chi connectivity index (χ3v) is 0. The topological polar surface area (TPSA) is 0 Å². The Hall–Kier alpha value is 109. The molecule has 0 heterocycles. The van der Waals surface area contributed by atoms with Crippen molar-refractivity contribution in [2.75, 3.05) is 0 Å². The van der Waals surface area contributed by atoms with Gasteiger partial charge in [0.15, 0.2) is 0 Å². The van der Waals surface area contributed by atoms with Gasteiger partial charge in [-0.05, 0) is 0 Å². The van der Waals surface area contributed by atoms with Gasteiger partial charge in [-0.2, -0.15) is 0 Å². The van der Waals surface area contributed by atoms with Gasteiger partial charge in [0.2, 0.25) is 0 Å². The first kappa shape index (κ1) is 608. The molecular formula is Tb85. The third-order valence-electron chi connectivity index (χ3n) is 0. The smallest absolute Gasteiger partial charge is 0 e. The molecule has 0 bridgehead atoms. The predicted octanol–water partition coefficient (Wildman–Crippen LogP) is 0. The maximum Gasteiger partial charge on any atom is 0 e. The molecule has 85 radical (unpaired) electrons. The van der Waals surface area contributed by atoms with Gasteiger partial charge in [-0.25, -0.2) is 0 Å². The van der Waals surface area contributed by atoms with E-state index in [1.807, 2.05) is 0 Å². The van der Waals surface area contributed by atoms with Crippen LogP contribution >= 0.6 is 0 Å². The first-order chi connectivity index (χ1) is 0. The average Bonchev–Trinajstić information content (AvgIpc) is 0. The average molecular weight is 13500 g/mol. The Labute approximate surface area is 3140 Å². The van der Waals surface area contributed by atoms with Crippen LogP contribution in [0.1, 0.15) is 0 Å². The van der Waals surface area contributed by atoms with Crippen LogP contribution < -0.4 is 0 Å². The van der Waals surface area contributed by atoms with E-state index in [-0.39, 0.29) is 3280 Å². The van der Waals surface area contributed by atoms with Crippen LogP contribution in [0.5, 0.6) is 0 Å². The molecule has 0 atom stereocenters. The van der Waals surface area contributed by atoms with Gasteiger partial charge in [0.1, 0.15) is 0 Å². The molecule has 765 valence electrons. The second-order valence-corrected chi connectivity index (χ2v) is 0. The first-order valence-corrected chi connectivity index (χ1v) is 0. The fourth-order valence-electron chi connectivity index (χ4n) is 0. The fourth-order valence-corrected chi connectivity index (χ4v) is 0. The van der Waals surface area contributed by atoms with Crippen LogP contribution in [-0.2, 0) is 0 Å². The van der Waals surface area contributed by atoms with E-state index in [0.717, 1.165) is 0 Å². The Bertz CT molecular complexity index is 0. The van der Waals surface area contributed by atoms with Gasteiger partial charge in [0, 0.05) is 3280 Å². The Kier molecular flexibility index (Phi) is 4280. The molecule has 0 aromatic heterocycles. The molecule has 0 nitrogen and oxygen atoms in total. The Balaban J connectivity index is 0. The summed E-state index contributed by atoms with van der Waals surface area (Å²) < 4.78 is 0. The molecule has 0 unspecified atom stereocenters. The molecule has 85 heavy (non-hydrogen) atoms. The second-order valence-electron chi connectivity index (χ2n) is 0. The minimum Gasteiger partial charge on any atom is 0 e. The summed E-state index contributed by atoms with van der Waals surface area (Å²) in [5, 5.41) is 0. The van der Waals surface area contributed by atoms with Crippen molar-refractivity contribution in [3.8, 4) is 0 Å². The molecule has 0 aliphatic heterocycles. The van der Waals surface area contributed by atoms with Crippen LogP contribution in [0.15, 0.2) is 0 Å². The van der Waals surface area contributed by atoms with E-state index >= 15 is 0 Å². The molecule has 0 N–H and O–H groups in total.